The van der Waals surface area contributed by atoms with Crippen LogP contribution in [0.4, 0.5) is 0 Å². The second kappa shape index (κ2) is 3.26. The molecule has 0 bridgehead atoms. The van der Waals surface area contributed by atoms with Crippen molar-refractivity contribution < 1.29 is 9.26 Å². The molecule has 2 heterocycles. The van der Waals surface area contributed by atoms with Crippen molar-refractivity contribution in [3.63, 3.8) is 0 Å². The molecule has 0 atom stereocenters. The maximum Gasteiger partial charge on any atom is 0.146 e. The number of aromatic nitrogens is 2. The maximum absolute atomic E-state index is 5.12. The number of hydrogen-bond acceptors (Lipinski definition) is 4. The smallest absolute Gasteiger partial charge is 0.146 e. The lowest BCUT2D eigenvalue weighted by Crippen LogP contribution is -1.88. The molecule has 0 radical (unpaired) electrons. The van der Waals surface area contributed by atoms with Gasteiger partial charge in [0.15, 0.2) is 0 Å². The summed E-state index contributed by atoms with van der Waals surface area (Å²) in [5.74, 6) is 0.691. The van der Waals surface area contributed by atoms with Gasteiger partial charge in [-0.15, -0.1) is 0 Å². The predicted octanol–water partition coefficient (Wildman–Crippen LogP) is 1.75. The van der Waals surface area contributed by atoms with E-state index in [4.69, 9.17) is 9.26 Å². The first kappa shape index (κ1) is 7.79. The number of hydrogen-bond donors (Lipinski definition) is 0. The van der Waals surface area contributed by atoms with Gasteiger partial charge in [-0.05, 0) is 6.07 Å². The van der Waals surface area contributed by atoms with Crippen molar-refractivity contribution in [2.24, 2.45) is 0 Å². The van der Waals surface area contributed by atoms with E-state index in [1.54, 1.807) is 25.6 Å². The normalized spacial score (nSPS) is 9.92. The van der Waals surface area contributed by atoms with Crippen molar-refractivity contribution >= 4 is 0 Å². The van der Waals surface area contributed by atoms with Crippen LogP contribution in [0.5, 0.6) is 5.75 Å². The van der Waals surface area contributed by atoms with Crippen molar-refractivity contribution in [3.8, 4) is 17.0 Å². The number of nitrogens with zero attached hydrogens (tertiary/aromatic N) is 2. The highest BCUT2D eigenvalue weighted by atomic mass is 16.5. The number of methoxy groups -OCH3 is 1. The van der Waals surface area contributed by atoms with Crippen molar-refractivity contribution in [3.05, 3.63) is 30.8 Å². The fourth-order valence-corrected chi connectivity index (χ4v) is 1.11. The summed E-state index contributed by atoms with van der Waals surface area (Å²) < 4.78 is 9.87. The van der Waals surface area contributed by atoms with Crippen molar-refractivity contribution in [1.29, 1.82) is 0 Å². The van der Waals surface area contributed by atoms with E-state index in [0.29, 0.717) is 5.75 Å². The standard InChI is InChI=1S/C9H8N2O2/c1-12-9-6-10-4-2-7(9)8-3-5-13-11-8/h2-6H,1H3. The van der Waals surface area contributed by atoms with Crippen LogP contribution in [0, 0.1) is 0 Å². The highest BCUT2D eigenvalue weighted by Gasteiger charge is 2.06. The summed E-state index contributed by atoms with van der Waals surface area (Å²) in [6, 6.07) is 3.61. The van der Waals surface area contributed by atoms with Gasteiger partial charge in [0.05, 0.1) is 13.3 Å². The Morgan fingerprint density at radius 1 is 1.38 bits per heavy atom. The molecular formula is C9H8N2O2. The van der Waals surface area contributed by atoms with E-state index < -0.39 is 0 Å². The fourth-order valence-electron chi connectivity index (χ4n) is 1.11. The van der Waals surface area contributed by atoms with Gasteiger partial charge in [-0.25, -0.2) is 0 Å². The third kappa shape index (κ3) is 1.38. The minimum atomic E-state index is 0.691. The molecular weight excluding hydrogens is 168 g/mol. The SMILES string of the molecule is COc1cnccc1-c1ccon1. The van der Waals surface area contributed by atoms with Crippen LogP contribution in [-0.2, 0) is 0 Å². The van der Waals surface area contributed by atoms with E-state index in [-0.39, 0.29) is 0 Å². The van der Waals surface area contributed by atoms with Crippen LogP contribution in [0.15, 0.2) is 35.3 Å². The molecule has 0 amide bonds. The lowest BCUT2D eigenvalue weighted by Gasteiger charge is -2.02. The molecule has 66 valence electrons. The molecule has 0 aromatic carbocycles. The number of ether oxygens (including phenoxy) is 1. The lowest BCUT2D eigenvalue weighted by molar-refractivity contribution is 0.410. The van der Waals surface area contributed by atoms with Crippen LogP contribution in [0.25, 0.3) is 11.3 Å². The highest BCUT2D eigenvalue weighted by Crippen LogP contribution is 2.26. The summed E-state index contributed by atoms with van der Waals surface area (Å²) in [7, 11) is 1.60. The molecule has 0 aliphatic rings. The third-order valence-electron chi connectivity index (χ3n) is 1.72. The molecule has 0 N–H and O–H groups in total. The Bertz CT molecular complexity index is 384. The van der Waals surface area contributed by atoms with Gasteiger partial charge in [0, 0.05) is 17.8 Å². The van der Waals surface area contributed by atoms with E-state index in [2.05, 4.69) is 10.1 Å². The summed E-state index contributed by atoms with van der Waals surface area (Å²) in [6.07, 6.45) is 4.85. The molecule has 4 heteroatoms. The average molecular weight is 176 g/mol. The molecule has 0 fully saturated rings. The van der Waals surface area contributed by atoms with Crippen molar-refractivity contribution in [2.75, 3.05) is 7.11 Å². The molecule has 0 spiro atoms. The molecule has 13 heavy (non-hydrogen) atoms. The van der Waals surface area contributed by atoms with Gasteiger partial charge >= 0.3 is 0 Å². The Morgan fingerprint density at radius 2 is 2.31 bits per heavy atom. The zero-order chi connectivity index (χ0) is 9.10. The zero-order valence-electron chi connectivity index (χ0n) is 7.10. The third-order valence-corrected chi connectivity index (χ3v) is 1.72. The summed E-state index contributed by atoms with van der Waals surface area (Å²) in [6.45, 7) is 0. The molecule has 0 aliphatic heterocycles. The van der Waals surface area contributed by atoms with Crippen molar-refractivity contribution in [1.82, 2.24) is 10.1 Å². The molecule has 0 saturated heterocycles. The Morgan fingerprint density at radius 3 is 3.00 bits per heavy atom. The van der Waals surface area contributed by atoms with Crippen LogP contribution < -0.4 is 4.74 Å². The Hall–Kier alpha value is -1.84. The molecule has 2 aromatic rings. The molecule has 0 unspecified atom stereocenters. The Balaban J connectivity index is 2.51. The van der Waals surface area contributed by atoms with Crippen LogP contribution in [0.3, 0.4) is 0 Å². The maximum atomic E-state index is 5.12. The van der Waals surface area contributed by atoms with E-state index in [9.17, 15) is 0 Å². The van der Waals surface area contributed by atoms with Crippen molar-refractivity contribution in [2.45, 2.75) is 0 Å². The summed E-state index contributed by atoms with van der Waals surface area (Å²) in [5, 5.41) is 3.81. The average Bonchev–Trinajstić information content (AvgIpc) is 2.70. The first-order valence-electron chi connectivity index (χ1n) is 3.80. The second-order valence-corrected chi connectivity index (χ2v) is 2.46. The van der Waals surface area contributed by atoms with Crippen LogP contribution >= 0.6 is 0 Å². The predicted molar refractivity (Wildman–Crippen MR) is 46.3 cm³/mol. The molecule has 0 aliphatic carbocycles. The molecule has 4 nitrogen and oxygen atoms in total. The minimum Gasteiger partial charge on any atom is -0.494 e. The highest BCUT2D eigenvalue weighted by molar-refractivity contribution is 5.65. The summed E-state index contributed by atoms with van der Waals surface area (Å²) in [4.78, 5) is 3.94. The largest absolute Gasteiger partial charge is 0.494 e. The fraction of sp³-hybridized carbons (Fsp3) is 0.111. The molecule has 2 aromatic heterocycles. The van der Waals surface area contributed by atoms with Gasteiger partial charge < -0.3 is 9.26 Å². The second-order valence-electron chi connectivity index (χ2n) is 2.46. The monoisotopic (exact) mass is 176 g/mol. The Kier molecular flexibility index (Phi) is 1.96. The number of rotatable bonds is 2. The lowest BCUT2D eigenvalue weighted by atomic mass is 10.2. The van der Waals surface area contributed by atoms with Crippen LogP contribution in [0.1, 0.15) is 0 Å². The van der Waals surface area contributed by atoms with E-state index in [1.807, 2.05) is 6.07 Å². The van der Waals surface area contributed by atoms with Gasteiger partial charge in [0.2, 0.25) is 0 Å². The minimum absolute atomic E-state index is 0.691. The van der Waals surface area contributed by atoms with E-state index >= 15 is 0 Å². The number of pyridine rings is 1. The first-order valence-corrected chi connectivity index (χ1v) is 3.80. The van der Waals surface area contributed by atoms with Gasteiger partial charge in [0.25, 0.3) is 0 Å². The quantitative estimate of drug-likeness (QED) is 0.699. The molecule has 0 saturated carbocycles. The van der Waals surface area contributed by atoms with Gasteiger partial charge in [-0.2, -0.15) is 0 Å². The van der Waals surface area contributed by atoms with Crippen LogP contribution in [-0.4, -0.2) is 17.3 Å². The van der Waals surface area contributed by atoms with E-state index in [0.717, 1.165) is 11.3 Å². The zero-order valence-corrected chi connectivity index (χ0v) is 7.10. The molecule has 2 rings (SSSR count). The topological polar surface area (TPSA) is 48.2 Å². The Labute approximate surface area is 75.2 Å². The first-order chi connectivity index (χ1) is 6.42. The summed E-state index contributed by atoms with van der Waals surface area (Å²) in [5.41, 5.74) is 1.63. The van der Waals surface area contributed by atoms with Gasteiger partial charge in [-0.1, -0.05) is 5.16 Å². The summed E-state index contributed by atoms with van der Waals surface area (Å²) >= 11 is 0. The van der Waals surface area contributed by atoms with Gasteiger partial charge in [0.1, 0.15) is 17.7 Å². The van der Waals surface area contributed by atoms with Gasteiger partial charge in [-0.3, -0.25) is 4.98 Å². The van der Waals surface area contributed by atoms with E-state index in [1.165, 1.54) is 6.26 Å². The van der Waals surface area contributed by atoms with Crippen LogP contribution in [0.2, 0.25) is 0 Å².